The zero-order valence-corrected chi connectivity index (χ0v) is 14.8. The third kappa shape index (κ3) is 3.94. The first-order valence-electron chi connectivity index (χ1n) is 8.08. The summed E-state index contributed by atoms with van der Waals surface area (Å²) in [4.78, 5) is 17.2. The van der Waals surface area contributed by atoms with Crippen molar-refractivity contribution in [1.29, 1.82) is 0 Å². The van der Waals surface area contributed by atoms with Gasteiger partial charge in [-0.25, -0.2) is 15.0 Å². The molecule has 1 saturated heterocycles. The fourth-order valence-corrected chi connectivity index (χ4v) is 3.27. The van der Waals surface area contributed by atoms with E-state index in [-0.39, 0.29) is 0 Å². The van der Waals surface area contributed by atoms with Gasteiger partial charge in [0.05, 0.1) is 7.11 Å². The van der Waals surface area contributed by atoms with Crippen LogP contribution >= 0.6 is 11.6 Å². The molecule has 0 saturated carbocycles. The van der Waals surface area contributed by atoms with Gasteiger partial charge in [-0.15, -0.1) is 0 Å². The van der Waals surface area contributed by atoms with E-state index in [1.54, 1.807) is 19.6 Å². The van der Waals surface area contributed by atoms with Gasteiger partial charge in [-0.1, -0.05) is 17.7 Å². The molecule has 0 N–H and O–H groups in total. The summed E-state index contributed by atoms with van der Waals surface area (Å²) in [5.41, 5.74) is 1.08. The van der Waals surface area contributed by atoms with Gasteiger partial charge in [-0.05, 0) is 25.5 Å². The second-order valence-electron chi connectivity index (χ2n) is 6.01. The molecule has 2 aromatic heterocycles. The Bertz CT molecular complexity index is 684. The molecule has 6 nitrogen and oxygen atoms in total. The molecule has 0 radical (unpaired) electrons. The van der Waals surface area contributed by atoms with Crippen molar-refractivity contribution in [2.24, 2.45) is 0 Å². The van der Waals surface area contributed by atoms with Crippen molar-refractivity contribution in [3.05, 3.63) is 41.4 Å². The zero-order chi connectivity index (χ0) is 16.9. The van der Waals surface area contributed by atoms with E-state index < -0.39 is 0 Å². The fourth-order valence-electron chi connectivity index (χ4n) is 3.09. The van der Waals surface area contributed by atoms with Crippen LogP contribution in [0, 0.1) is 0 Å². The van der Waals surface area contributed by atoms with Crippen LogP contribution in [0.4, 0.5) is 5.82 Å². The van der Waals surface area contributed by atoms with Crippen molar-refractivity contribution in [2.75, 3.05) is 32.1 Å². The maximum atomic E-state index is 6.19. The van der Waals surface area contributed by atoms with Crippen molar-refractivity contribution in [3.8, 4) is 5.88 Å². The van der Waals surface area contributed by atoms with Gasteiger partial charge in [0.1, 0.15) is 17.3 Å². The molecule has 2 aromatic rings. The van der Waals surface area contributed by atoms with Gasteiger partial charge in [-0.2, -0.15) is 0 Å². The number of nitrogens with zero attached hydrogens (tertiary/aromatic N) is 5. The van der Waals surface area contributed by atoms with Crippen LogP contribution < -0.4 is 9.64 Å². The maximum absolute atomic E-state index is 6.19. The summed E-state index contributed by atoms with van der Waals surface area (Å²) in [7, 11) is 3.69. The number of methoxy groups -OCH3 is 1. The van der Waals surface area contributed by atoms with Crippen LogP contribution in [0.1, 0.15) is 18.4 Å². The minimum Gasteiger partial charge on any atom is -0.481 e. The molecule has 7 heteroatoms. The lowest BCUT2D eigenvalue weighted by molar-refractivity contribution is 0.198. The van der Waals surface area contributed by atoms with Crippen LogP contribution in [0.15, 0.2) is 30.7 Å². The number of hydrogen-bond donors (Lipinski definition) is 0. The molecule has 3 heterocycles. The number of likely N-dealkylation sites (N-methyl/N-ethyl adjacent to an activating group) is 1. The number of likely N-dealkylation sites (tertiary alicyclic amines) is 1. The Labute approximate surface area is 147 Å². The first kappa shape index (κ1) is 16.9. The molecule has 3 rings (SSSR count). The highest BCUT2D eigenvalue weighted by molar-refractivity contribution is 6.30. The number of ether oxygens (including phenoxy) is 1. The van der Waals surface area contributed by atoms with E-state index in [0.29, 0.717) is 17.1 Å². The van der Waals surface area contributed by atoms with Gasteiger partial charge < -0.3 is 9.64 Å². The van der Waals surface area contributed by atoms with Crippen LogP contribution in [-0.4, -0.2) is 53.1 Å². The van der Waals surface area contributed by atoms with Crippen molar-refractivity contribution in [3.63, 3.8) is 0 Å². The van der Waals surface area contributed by atoms with Gasteiger partial charge in [0, 0.05) is 44.0 Å². The lowest BCUT2D eigenvalue weighted by Crippen LogP contribution is -2.46. The molecule has 0 spiro atoms. The molecule has 1 aliphatic rings. The number of halogens is 1. The number of hydrogen-bond acceptors (Lipinski definition) is 6. The molecule has 1 atom stereocenters. The van der Waals surface area contributed by atoms with Crippen LogP contribution in [-0.2, 0) is 6.54 Å². The molecular weight excluding hydrogens is 326 g/mol. The van der Waals surface area contributed by atoms with Gasteiger partial charge in [-0.3, -0.25) is 4.90 Å². The van der Waals surface area contributed by atoms with E-state index in [1.807, 2.05) is 18.2 Å². The van der Waals surface area contributed by atoms with Crippen molar-refractivity contribution in [2.45, 2.75) is 25.4 Å². The maximum Gasteiger partial charge on any atom is 0.218 e. The summed E-state index contributed by atoms with van der Waals surface area (Å²) < 4.78 is 5.20. The molecule has 0 amide bonds. The van der Waals surface area contributed by atoms with Gasteiger partial charge in [0.25, 0.3) is 0 Å². The van der Waals surface area contributed by atoms with Gasteiger partial charge in [0.15, 0.2) is 0 Å². The third-order valence-electron chi connectivity index (χ3n) is 4.46. The van der Waals surface area contributed by atoms with Crippen LogP contribution in [0.5, 0.6) is 5.88 Å². The van der Waals surface area contributed by atoms with Crippen LogP contribution in [0.2, 0.25) is 5.15 Å². The second kappa shape index (κ2) is 7.77. The Kier molecular flexibility index (Phi) is 5.48. The molecule has 0 bridgehead atoms. The summed E-state index contributed by atoms with van der Waals surface area (Å²) in [5.74, 6) is 1.47. The number of anilines is 1. The van der Waals surface area contributed by atoms with E-state index in [0.717, 1.165) is 43.9 Å². The highest BCUT2D eigenvalue weighted by Gasteiger charge is 2.24. The Morgan fingerprint density at radius 2 is 2.25 bits per heavy atom. The molecule has 0 aromatic carbocycles. The predicted octanol–water partition coefficient (Wildman–Crippen LogP) is 2.63. The SMILES string of the molecule is COc1cc(N(C)C2CCCN(Cc3cccnc3Cl)C2)ncn1. The smallest absolute Gasteiger partial charge is 0.218 e. The van der Waals surface area contributed by atoms with E-state index in [9.17, 15) is 0 Å². The quantitative estimate of drug-likeness (QED) is 0.775. The molecular formula is C17H22ClN5O. The lowest BCUT2D eigenvalue weighted by Gasteiger charge is -2.38. The van der Waals surface area contributed by atoms with Crippen LogP contribution in [0.25, 0.3) is 0 Å². The summed E-state index contributed by atoms with van der Waals surface area (Å²) in [5, 5.41) is 0.591. The van der Waals surface area contributed by atoms with Crippen molar-refractivity contribution < 1.29 is 4.74 Å². The van der Waals surface area contributed by atoms with Gasteiger partial charge in [0.2, 0.25) is 5.88 Å². The number of pyridine rings is 1. The van der Waals surface area contributed by atoms with Crippen molar-refractivity contribution in [1.82, 2.24) is 19.9 Å². The van der Waals surface area contributed by atoms with Gasteiger partial charge >= 0.3 is 0 Å². The number of piperidine rings is 1. The molecule has 1 fully saturated rings. The minimum absolute atomic E-state index is 0.397. The standard InChI is InChI=1S/C17H22ClN5O/c1-22(15-9-16(24-2)21-12-20-15)14-6-4-8-23(11-14)10-13-5-3-7-19-17(13)18/h3,5,7,9,12,14H,4,6,8,10-11H2,1-2H3. The third-order valence-corrected chi connectivity index (χ3v) is 4.80. The topological polar surface area (TPSA) is 54.4 Å². The lowest BCUT2D eigenvalue weighted by atomic mass is 10.0. The Morgan fingerprint density at radius 1 is 1.38 bits per heavy atom. The molecule has 1 unspecified atom stereocenters. The van der Waals surface area contributed by atoms with E-state index >= 15 is 0 Å². The van der Waals surface area contributed by atoms with Crippen LogP contribution in [0.3, 0.4) is 0 Å². The average molecular weight is 348 g/mol. The largest absolute Gasteiger partial charge is 0.481 e. The summed E-state index contributed by atoms with van der Waals surface area (Å²) in [6.07, 6.45) is 5.55. The van der Waals surface area contributed by atoms with Crippen molar-refractivity contribution >= 4 is 17.4 Å². The fraction of sp³-hybridized carbons (Fsp3) is 0.471. The summed E-state index contributed by atoms with van der Waals surface area (Å²) >= 11 is 6.19. The molecule has 1 aliphatic heterocycles. The highest BCUT2D eigenvalue weighted by Crippen LogP contribution is 2.23. The number of aromatic nitrogens is 3. The molecule has 24 heavy (non-hydrogen) atoms. The van der Waals surface area contributed by atoms with E-state index in [1.165, 1.54) is 0 Å². The molecule has 0 aliphatic carbocycles. The van der Waals surface area contributed by atoms with E-state index in [2.05, 4.69) is 31.8 Å². The molecule has 128 valence electrons. The highest BCUT2D eigenvalue weighted by atomic mass is 35.5. The first-order valence-corrected chi connectivity index (χ1v) is 8.46. The zero-order valence-electron chi connectivity index (χ0n) is 14.0. The second-order valence-corrected chi connectivity index (χ2v) is 6.37. The summed E-state index contributed by atoms with van der Waals surface area (Å²) in [6, 6.07) is 6.24. The monoisotopic (exact) mass is 347 g/mol. The summed E-state index contributed by atoms with van der Waals surface area (Å²) in [6.45, 7) is 2.86. The Balaban J connectivity index is 1.67. The first-order chi connectivity index (χ1) is 11.7. The number of rotatable bonds is 5. The Hall–Kier alpha value is -1.92. The average Bonchev–Trinajstić information content (AvgIpc) is 2.63. The normalized spacial score (nSPS) is 18.4. The predicted molar refractivity (Wildman–Crippen MR) is 94.5 cm³/mol. The van der Waals surface area contributed by atoms with E-state index in [4.69, 9.17) is 16.3 Å². The minimum atomic E-state index is 0.397. The Morgan fingerprint density at radius 3 is 3.04 bits per heavy atom.